The molecule has 6 heteroatoms. The Morgan fingerprint density at radius 3 is 2.46 bits per heavy atom. The number of halogens is 2. The zero-order chi connectivity index (χ0) is 16.7. The Balaban J connectivity index is 1.96. The molecular weight excluding hydrogens is 310 g/mol. The Morgan fingerprint density at radius 2 is 1.75 bits per heavy atom. The van der Waals surface area contributed by atoms with Crippen molar-refractivity contribution in [3.8, 4) is 11.3 Å². The number of hydrogen-bond donors (Lipinski definition) is 1. The van der Waals surface area contributed by atoms with Gasteiger partial charge in [0.15, 0.2) is 0 Å². The number of para-hydroxylation sites is 1. The van der Waals surface area contributed by atoms with Gasteiger partial charge in [0.05, 0.1) is 16.8 Å². The highest BCUT2D eigenvalue weighted by atomic mass is 19.1. The van der Waals surface area contributed by atoms with Gasteiger partial charge in [0, 0.05) is 24.5 Å². The topological polar surface area (TPSA) is 55.0 Å². The molecule has 2 aromatic carbocycles. The van der Waals surface area contributed by atoms with Gasteiger partial charge in [-0.2, -0.15) is 0 Å². The van der Waals surface area contributed by atoms with Gasteiger partial charge in [-0.1, -0.05) is 24.3 Å². The van der Waals surface area contributed by atoms with Gasteiger partial charge in [-0.25, -0.2) is 18.7 Å². The predicted molar refractivity (Wildman–Crippen MR) is 89.7 cm³/mol. The monoisotopic (exact) mass is 326 g/mol. The number of fused-ring (bicyclic) bond motifs is 1. The zero-order valence-corrected chi connectivity index (χ0v) is 12.9. The van der Waals surface area contributed by atoms with E-state index in [9.17, 15) is 8.78 Å². The number of benzene rings is 2. The minimum absolute atomic E-state index is 0.0636. The van der Waals surface area contributed by atoms with Crippen LogP contribution in [0.15, 0.2) is 42.5 Å². The molecule has 0 saturated carbocycles. The summed E-state index contributed by atoms with van der Waals surface area (Å²) in [5.41, 5.74) is 6.75. The van der Waals surface area contributed by atoms with E-state index in [0.29, 0.717) is 23.4 Å². The molecule has 122 valence electrons. The molecular formula is C18H16F2N4. The van der Waals surface area contributed by atoms with Crippen molar-refractivity contribution in [1.29, 1.82) is 0 Å². The molecule has 0 radical (unpaired) electrons. The van der Waals surface area contributed by atoms with Crippen LogP contribution in [0.1, 0.15) is 6.42 Å². The van der Waals surface area contributed by atoms with Crippen LogP contribution in [0.5, 0.6) is 0 Å². The highest BCUT2D eigenvalue weighted by Crippen LogP contribution is 2.32. The van der Waals surface area contributed by atoms with Crippen molar-refractivity contribution in [3.05, 3.63) is 54.1 Å². The van der Waals surface area contributed by atoms with Gasteiger partial charge >= 0.3 is 0 Å². The second kappa shape index (κ2) is 5.79. The van der Waals surface area contributed by atoms with E-state index >= 15 is 0 Å². The van der Waals surface area contributed by atoms with Crippen molar-refractivity contribution in [3.63, 3.8) is 0 Å². The molecule has 1 saturated heterocycles. The van der Waals surface area contributed by atoms with E-state index in [2.05, 4.69) is 9.97 Å². The molecule has 2 heterocycles. The van der Waals surface area contributed by atoms with E-state index in [1.165, 1.54) is 18.2 Å². The van der Waals surface area contributed by atoms with Crippen molar-refractivity contribution >= 4 is 16.9 Å². The fourth-order valence-corrected chi connectivity index (χ4v) is 3.09. The number of hydrogen-bond acceptors (Lipinski definition) is 4. The molecule has 2 N–H and O–H groups in total. The quantitative estimate of drug-likeness (QED) is 0.786. The summed E-state index contributed by atoms with van der Waals surface area (Å²) < 4.78 is 28.6. The summed E-state index contributed by atoms with van der Waals surface area (Å²) >= 11 is 0. The third-order valence-electron chi connectivity index (χ3n) is 4.30. The summed E-state index contributed by atoms with van der Waals surface area (Å²) in [4.78, 5) is 11.0. The van der Waals surface area contributed by atoms with Crippen molar-refractivity contribution in [2.75, 3.05) is 18.0 Å². The Morgan fingerprint density at radius 1 is 1.00 bits per heavy atom. The molecule has 1 aliphatic heterocycles. The van der Waals surface area contributed by atoms with Crippen molar-refractivity contribution < 1.29 is 8.78 Å². The Hall–Kier alpha value is -2.60. The van der Waals surface area contributed by atoms with E-state index in [1.807, 2.05) is 17.0 Å². The third-order valence-corrected chi connectivity index (χ3v) is 4.30. The maximum atomic E-state index is 14.3. The van der Waals surface area contributed by atoms with Crippen LogP contribution in [0.2, 0.25) is 0 Å². The van der Waals surface area contributed by atoms with E-state index in [4.69, 9.17) is 5.73 Å². The molecule has 1 atom stereocenters. The SMILES string of the molecule is N[C@H]1CCN(c2nc(-c3c(F)cccc3F)c3ccccc3n2)C1. The van der Waals surface area contributed by atoms with Gasteiger partial charge in [-0.15, -0.1) is 0 Å². The number of anilines is 1. The Bertz CT molecular complexity index is 892. The molecule has 1 aliphatic rings. The van der Waals surface area contributed by atoms with Gasteiger partial charge < -0.3 is 10.6 Å². The second-order valence-corrected chi connectivity index (χ2v) is 5.98. The molecule has 0 unspecified atom stereocenters. The van der Waals surface area contributed by atoms with Crippen LogP contribution in [0.3, 0.4) is 0 Å². The van der Waals surface area contributed by atoms with Crippen molar-refractivity contribution in [2.24, 2.45) is 5.73 Å². The van der Waals surface area contributed by atoms with Gasteiger partial charge in [-0.05, 0) is 24.6 Å². The lowest BCUT2D eigenvalue weighted by Crippen LogP contribution is -2.27. The maximum Gasteiger partial charge on any atom is 0.226 e. The molecule has 24 heavy (non-hydrogen) atoms. The number of nitrogens with two attached hydrogens (primary N) is 1. The fourth-order valence-electron chi connectivity index (χ4n) is 3.09. The summed E-state index contributed by atoms with van der Waals surface area (Å²) in [6, 6.07) is 11.1. The molecule has 0 amide bonds. The lowest BCUT2D eigenvalue weighted by Gasteiger charge is -2.18. The first-order valence-electron chi connectivity index (χ1n) is 7.85. The molecule has 0 spiro atoms. The van der Waals surface area contributed by atoms with Crippen LogP contribution >= 0.6 is 0 Å². The van der Waals surface area contributed by atoms with Gasteiger partial charge in [-0.3, -0.25) is 0 Å². The summed E-state index contributed by atoms with van der Waals surface area (Å²) in [7, 11) is 0. The van der Waals surface area contributed by atoms with Crippen LogP contribution in [-0.2, 0) is 0 Å². The van der Waals surface area contributed by atoms with Gasteiger partial charge in [0.1, 0.15) is 11.6 Å². The van der Waals surface area contributed by atoms with E-state index in [-0.39, 0.29) is 17.3 Å². The first kappa shape index (κ1) is 15.0. The predicted octanol–water partition coefficient (Wildman–Crippen LogP) is 3.11. The Labute approximate surface area is 137 Å². The minimum Gasteiger partial charge on any atom is -0.339 e. The first-order chi connectivity index (χ1) is 11.6. The Kier molecular flexibility index (Phi) is 3.61. The lowest BCUT2D eigenvalue weighted by atomic mass is 10.1. The molecule has 1 aromatic heterocycles. The lowest BCUT2D eigenvalue weighted by molar-refractivity contribution is 0.589. The highest BCUT2D eigenvalue weighted by Gasteiger charge is 2.24. The average Bonchev–Trinajstić information content (AvgIpc) is 3.01. The molecule has 0 bridgehead atoms. The minimum atomic E-state index is -0.636. The largest absolute Gasteiger partial charge is 0.339 e. The first-order valence-corrected chi connectivity index (χ1v) is 7.85. The smallest absolute Gasteiger partial charge is 0.226 e. The maximum absolute atomic E-state index is 14.3. The standard InChI is InChI=1S/C18H16F2N4/c19-13-5-3-6-14(20)16(13)17-12-4-1-2-7-15(12)22-18(23-17)24-9-8-11(21)10-24/h1-7,11H,8-10,21H2/t11-/m0/s1. The van der Waals surface area contributed by atoms with E-state index in [0.717, 1.165) is 13.0 Å². The third kappa shape index (κ3) is 2.49. The normalized spacial score (nSPS) is 17.6. The number of rotatable bonds is 2. The summed E-state index contributed by atoms with van der Waals surface area (Å²) in [6.07, 6.45) is 0.847. The van der Waals surface area contributed by atoms with E-state index in [1.54, 1.807) is 12.1 Å². The van der Waals surface area contributed by atoms with Crippen LogP contribution in [0.4, 0.5) is 14.7 Å². The van der Waals surface area contributed by atoms with Crippen LogP contribution < -0.4 is 10.6 Å². The fraction of sp³-hybridized carbons (Fsp3) is 0.222. The van der Waals surface area contributed by atoms with Crippen molar-refractivity contribution in [1.82, 2.24) is 9.97 Å². The average molecular weight is 326 g/mol. The molecule has 0 aliphatic carbocycles. The molecule has 4 rings (SSSR count). The van der Waals surface area contributed by atoms with Crippen LogP contribution in [0, 0.1) is 11.6 Å². The highest BCUT2D eigenvalue weighted by molar-refractivity contribution is 5.93. The van der Waals surface area contributed by atoms with E-state index < -0.39 is 11.6 Å². The molecule has 1 fully saturated rings. The second-order valence-electron chi connectivity index (χ2n) is 5.98. The summed E-state index contributed by atoms with van der Waals surface area (Å²) in [5, 5.41) is 0.619. The summed E-state index contributed by atoms with van der Waals surface area (Å²) in [6.45, 7) is 1.37. The summed E-state index contributed by atoms with van der Waals surface area (Å²) in [5.74, 6) is -0.815. The van der Waals surface area contributed by atoms with Crippen LogP contribution in [-0.4, -0.2) is 29.1 Å². The zero-order valence-electron chi connectivity index (χ0n) is 12.9. The van der Waals surface area contributed by atoms with Crippen molar-refractivity contribution in [2.45, 2.75) is 12.5 Å². The number of nitrogens with zero attached hydrogens (tertiary/aromatic N) is 3. The number of aromatic nitrogens is 2. The molecule has 3 aromatic rings. The van der Waals surface area contributed by atoms with Gasteiger partial charge in [0.2, 0.25) is 5.95 Å². The molecule has 4 nitrogen and oxygen atoms in total. The van der Waals surface area contributed by atoms with Crippen LogP contribution in [0.25, 0.3) is 22.2 Å². The van der Waals surface area contributed by atoms with Gasteiger partial charge in [0.25, 0.3) is 0 Å².